The number of para-hydroxylation sites is 1. The summed E-state index contributed by atoms with van der Waals surface area (Å²) in [6.07, 6.45) is 3.65. The van der Waals surface area contributed by atoms with E-state index in [0.29, 0.717) is 17.8 Å². The Labute approximate surface area is 181 Å². The summed E-state index contributed by atoms with van der Waals surface area (Å²) >= 11 is 1.63. The zero-order valence-electron chi connectivity index (χ0n) is 16.5. The molecule has 154 valence electrons. The number of benzene rings is 3. The Morgan fingerprint density at radius 2 is 1.67 bits per heavy atom. The van der Waals surface area contributed by atoms with Gasteiger partial charge in [-0.15, -0.1) is 11.8 Å². The number of hydrogen-bond donors (Lipinski definition) is 1. The van der Waals surface area contributed by atoms with Gasteiger partial charge in [-0.05, 0) is 79.3 Å². The van der Waals surface area contributed by atoms with Crippen molar-refractivity contribution in [3.8, 4) is 0 Å². The third-order valence-electron chi connectivity index (χ3n) is 5.12. The van der Waals surface area contributed by atoms with Gasteiger partial charge in [-0.3, -0.25) is 9.10 Å². The summed E-state index contributed by atoms with van der Waals surface area (Å²) in [6.45, 7) is 0.452. The van der Waals surface area contributed by atoms with Gasteiger partial charge < -0.3 is 5.32 Å². The molecule has 7 heteroatoms. The van der Waals surface area contributed by atoms with E-state index in [4.69, 9.17) is 0 Å². The van der Waals surface area contributed by atoms with Gasteiger partial charge in [-0.2, -0.15) is 0 Å². The minimum atomic E-state index is -3.69. The van der Waals surface area contributed by atoms with Crippen LogP contribution in [0.3, 0.4) is 0 Å². The van der Waals surface area contributed by atoms with E-state index in [1.807, 2.05) is 54.8 Å². The molecule has 0 spiro atoms. The van der Waals surface area contributed by atoms with Crippen LogP contribution in [-0.4, -0.2) is 27.1 Å². The molecule has 0 saturated carbocycles. The van der Waals surface area contributed by atoms with Crippen LogP contribution < -0.4 is 9.62 Å². The second-order valence-corrected chi connectivity index (χ2v) is 9.76. The van der Waals surface area contributed by atoms with Crippen LogP contribution in [0.15, 0.2) is 82.6 Å². The number of carbonyl (C=O) groups is 1. The number of carbonyl (C=O) groups excluding carboxylic acids is 1. The summed E-state index contributed by atoms with van der Waals surface area (Å²) < 4.78 is 27.9. The number of hydrogen-bond acceptors (Lipinski definition) is 4. The number of thioether (sulfide) groups is 1. The molecule has 1 aliphatic heterocycles. The minimum Gasteiger partial charge on any atom is -0.322 e. The number of nitrogens with zero attached hydrogens (tertiary/aromatic N) is 1. The summed E-state index contributed by atoms with van der Waals surface area (Å²) in [5, 5.41) is 2.84. The molecular weight excluding hydrogens is 416 g/mol. The lowest BCUT2D eigenvalue weighted by Crippen LogP contribution is -2.35. The molecule has 0 aromatic heterocycles. The maximum Gasteiger partial charge on any atom is 0.264 e. The minimum absolute atomic E-state index is 0.181. The first kappa shape index (κ1) is 20.5. The van der Waals surface area contributed by atoms with Gasteiger partial charge in [0.2, 0.25) is 0 Å². The summed E-state index contributed by atoms with van der Waals surface area (Å²) in [6, 6.07) is 21.2. The van der Waals surface area contributed by atoms with Crippen molar-refractivity contribution in [2.24, 2.45) is 0 Å². The van der Waals surface area contributed by atoms with Crippen LogP contribution in [0.2, 0.25) is 0 Å². The number of fused-ring (bicyclic) bond motifs is 1. The molecule has 1 aliphatic rings. The van der Waals surface area contributed by atoms with E-state index < -0.39 is 10.0 Å². The summed E-state index contributed by atoms with van der Waals surface area (Å²) in [5.41, 5.74) is 2.87. The normalized spacial score (nSPS) is 13.6. The lowest BCUT2D eigenvalue weighted by atomic mass is 10.0. The largest absolute Gasteiger partial charge is 0.322 e. The molecule has 4 rings (SSSR count). The van der Waals surface area contributed by atoms with E-state index in [1.54, 1.807) is 23.9 Å². The standard InChI is InChI=1S/C23H22N2O3S2/c1-29-20-12-10-19(11-13-20)24-23(26)18-8-14-21(15-9-18)30(27,28)25-16-4-6-17-5-2-3-7-22(17)25/h2-3,5,7-15H,4,6,16H2,1H3,(H,24,26). The van der Waals surface area contributed by atoms with Crippen molar-refractivity contribution in [1.82, 2.24) is 0 Å². The summed E-state index contributed by atoms with van der Waals surface area (Å²) in [7, 11) is -3.69. The third kappa shape index (κ3) is 4.08. The second-order valence-electron chi connectivity index (χ2n) is 7.02. The zero-order chi connectivity index (χ0) is 21.1. The highest BCUT2D eigenvalue weighted by molar-refractivity contribution is 7.98. The molecule has 30 heavy (non-hydrogen) atoms. The number of nitrogens with one attached hydrogen (secondary N) is 1. The van der Waals surface area contributed by atoms with Crippen LogP contribution in [0.1, 0.15) is 22.3 Å². The first-order valence-corrected chi connectivity index (χ1v) is 12.3. The molecule has 1 N–H and O–H groups in total. The fourth-order valence-corrected chi connectivity index (χ4v) is 5.48. The van der Waals surface area contributed by atoms with Gasteiger partial charge >= 0.3 is 0 Å². The van der Waals surface area contributed by atoms with Crippen LogP contribution in [0.25, 0.3) is 0 Å². The molecule has 0 fully saturated rings. The highest BCUT2D eigenvalue weighted by Gasteiger charge is 2.28. The molecular formula is C23H22N2O3S2. The molecule has 0 aliphatic carbocycles. The summed E-state index contributed by atoms with van der Waals surface area (Å²) in [4.78, 5) is 13.8. The van der Waals surface area contributed by atoms with Crippen molar-refractivity contribution in [3.63, 3.8) is 0 Å². The molecule has 5 nitrogen and oxygen atoms in total. The van der Waals surface area contributed by atoms with Crippen LogP contribution in [0.4, 0.5) is 11.4 Å². The molecule has 3 aromatic carbocycles. The Morgan fingerprint density at radius 1 is 0.967 bits per heavy atom. The smallest absolute Gasteiger partial charge is 0.264 e. The Morgan fingerprint density at radius 3 is 2.37 bits per heavy atom. The van der Waals surface area contributed by atoms with Gasteiger partial charge in [0.05, 0.1) is 10.6 Å². The van der Waals surface area contributed by atoms with Gasteiger partial charge in [0.1, 0.15) is 0 Å². The molecule has 0 unspecified atom stereocenters. The number of aryl methyl sites for hydroxylation is 1. The number of sulfonamides is 1. The quantitative estimate of drug-likeness (QED) is 0.581. The molecule has 1 heterocycles. The van der Waals surface area contributed by atoms with Crippen molar-refractivity contribution in [3.05, 3.63) is 83.9 Å². The average Bonchev–Trinajstić information content (AvgIpc) is 2.79. The van der Waals surface area contributed by atoms with Gasteiger partial charge in [-0.25, -0.2) is 8.42 Å². The van der Waals surface area contributed by atoms with Gasteiger partial charge in [0.25, 0.3) is 15.9 Å². The Kier molecular flexibility index (Phi) is 5.83. The molecule has 0 radical (unpaired) electrons. The summed E-state index contributed by atoms with van der Waals surface area (Å²) in [5.74, 6) is -0.279. The van der Waals surface area contributed by atoms with E-state index in [9.17, 15) is 13.2 Å². The number of rotatable bonds is 5. The lowest BCUT2D eigenvalue weighted by Gasteiger charge is -2.30. The van der Waals surface area contributed by atoms with E-state index in [2.05, 4.69) is 5.32 Å². The van der Waals surface area contributed by atoms with Crippen LogP contribution in [-0.2, 0) is 16.4 Å². The maximum atomic E-state index is 13.2. The molecule has 1 amide bonds. The maximum absolute atomic E-state index is 13.2. The van der Waals surface area contributed by atoms with E-state index in [-0.39, 0.29) is 10.8 Å². The molecule has 0 atom stereocenters. The predicted molar refractivity (Wildman–Crippen MR) is 122 cm³/mol. The average molecular weight is 439 g/mol. The molecule has 0 saturated heterocycles. The van der Waals surface area contributed by atoms with Gasteiger partial charge in [0.15, 0.2) is 0 Å². The van der Waals surface area contributed by atoms with Crippen LogP contribution >= 0.6 is 11.8 Å². The lowest BCUT2D eigenvalue weighted by molar-refractivity contribution is 0.102. The van der Waals surface area contributed by atoms with Crippen molar-refractivity contribution in [2.75, 3.05) is 22.4 Å². The fraction of sp³-hybridized carbons (Fsp3) is 0.174. The molecule has 0 bridgehead atoms. The monoisotopic (exact) mass is 438 g/mol. The third-order valence-corrected chi connectivity index (χ3v) is 7.69. The Balaban J connectivity index is 1.53. The van der Waals surface area contributed by atoms with Crippen molar-refractivity contribution < 1.29 is 13.2 Å². The molecule has 3 aromatic rings. The highest BCUT2D eigenvalue weighted by atomic mass is 32.2. The van der Waals surface area contributed by atoms with Crippen molar-refractivity contribution >= 4 is 39.1 Å². The van der Waals surface area contributed by atoms with E-state index in [1.165, 1.54) is 16.4 Å². The van der Waals surface area contributed by atoms with E-state index >= 15 is 0 Å². The highest BCUT2D eigenvalue weighted by Crippen LogP contribution is 2.31. The number of anilines is 2. The SMILES string of the molecule is CSc1ccc(NC(=O)c2ccc(S(=O)(=O)N3CCCc4ccccc43)cc2)cc1. The van der Waals surface area contributed by atoms with Crippen LogP contribution in [0.5, 0.6) is 0 Å². The first-order valence-electron chi connectivity index (χ1n) is 9.65. The van der Waals surface area contributed by atoms with Crippen LogP contribution in [0, 0.1) is 0 Å². The zero-order valence-corrected chi connectivity index (χ0v) is 18.2. The van der Waals surface area contributed by atoms with Gasteiger partial charge in [-0.1, -0.05) is 18.2 Å². The van der Waals surface area contributed by atoms with Crippen molar-refractivity contribution in [1.29, 1.82) is 0 Å². The van der Waals surface area contributed by atoms with Crippen molar-refractivity contribution in [2.45, 2.75) is 22.6 Å². The number of amides is 1. The first-order chi connectivity index (χ1) is 14.5. The Bertz CT molecular complexity index is 1160. The second kappa shape index (κ2) is 8.53. The topological polar surface area (TPSA) is 66.5 Å². The fourth-order valence-electron chi connectivity index (χ4n) is 3.53. The Hall–Kier alpha value is -2.77. The predicted octanol–water partition coefficient (Wildman–Crippen LogP) is 4.80. The van der Waals surface area contributed by atoms with E-state index in [0.717, 1.165) is 29.0 Å². The van der Waals surface area contributed by atoms with Gasteiger partial charge in [0, 0.05) is 22.7 Å².